The van der Waals surface area contributed by atoms with E-state index in [0.29, 0.717) is 67.0 Å². The van der Waals surface area contributed by atoms with Gasteiger partial charge in [0.1, 0.15) is 29.2 Å². The van der Waals surface area contributed by atoms with Crippen LogP contribution in [0, 0.1) is 0 Å². The van der Waals surface area contributed by atoms with Gasteiger partial charge in [0, 0.05) is 31.6 Å². The molecule has 1 fully saturated rings. The van der Waals surface area contributed by atoms with Crippen molar-refractivity contribution < 1.29 is 38.5 Å². The maximum absolute atomic E-state index is 14.5. The summed E-state index contributed by atoms with van der Waals surface area (Å²) in [6.45, 7) is 7.22. The van der Waals surface area contributed by atoms with Gasteiger partial charge >= 0.3 is 18.0 Å². The molecule has 2 aliphatic rings. The lowest BCUT2D eigenvalue weighted by Crippen LogP contribution is -2.43. The van der Waals surface area contributed by atoms with Crippen molar-refractivity contribution in [3.63, 3.8) is 0 Å². The second-order valence-electron chi connectivity index (χ2n) is 19.3. The Kier molecular flexibility index (Phi) is 15.9. The number of hydrogen-bond donors (Lipinski definition) is 3. The number of aliphatic imine (C=N–C) groups is 1. The van der Waals surface area contributed by atoms with Crippen LogP contribution in [0.5, 0.6) is 5.75 Å². The van der Waals surface area contributed by atoms with Crippen molar-refractivity contribution >= 4 is 46.2 Å². The van der Waals surface area contributed by atoms with Gasteiger partial charge in [0.25, 0.3) is 6.10 Å². The number of esters is 1. The minimum atomic E-state index is -1.54. The number of aliphatic carboxylic acids is 1. The van der Waals surface area contributed by atoms with Gasteiger partial charge in [0.05, 0.1) is 6.04 Å². The number of likely N-dealkylation sites (tertiary alicyclic amines) is 1. The Morgan fingerprint density at radius 2 is 1.28 bits per heavy atom. The number of carbonyl (C=O) groups is 3. The number of hydrogen-bond acceptors (Lipinski definition) is 12. The number of benzene rings is 6. The van der Waals surface area contributed by atoms with Crippen molar-refractivity contribution in [1.82, 2.24) is 14.8 Å². The Bertz CT molecular complexity index is 2970. The van der Waals surface area contributed by atoms with E-state index >= 15 is 0 Å². The van der Waals surface area contributed by atoms with Crippen molar-refractivity contribution in [3.05, 3.63) is 220 Å². The number of carboxylic acid groups (broad SMARTS) is 1. The standard InChI is InChI=1S/C59H59N7O8S/c1-58(2,3)73-57(70)65-33-31-47(32-34-65)61-55(60)66-36-42-29-30-48(35-43(42)37-66)71-38-50(54(69)72-52(40-19-9-4-10-20-40)41-21-11-5-12-22-41)74-64-51(53(67)68)49-39-75-56(62-49)63-59(44-23-13-6-14-24-44,45-25-15-7-16-26-45)46-27-17-8-18-28-46/h4-30,35,39,47,50,52H,31-34,36-38H2,1-3H3,(H2,60,61)(H,62,63)(H,67,68)/b64-51-/t50-/m0/s1. The van der Waals surface area contributed by atoms with Gasteiger partial charge in [-0.15, -0.1) is 11.3 Å². The van der Waals surface area contributed by atoms with Crippen molar-refractivity contribution in [2.75, 3.05) is 25.0 Å². The first kappa shape index (κ1) is 51.4. The van der Waals surface area contributed by atoms with Gasteiger partial charge in [-0.3, -0.25) is 0 Å². The number of nitrogens with zero attached hydrogens (tertiary/aromatic N) is 5. The zero-order chi connectivity index (χ0) is 52.4. The Morgan fingerprint density at radius 3 is 1.81 bits per heavy atom. The number of aromatic nitrogens is 1. The Balaban J connectivity index is 0.953. The average molecular weight is 1030 g/mol. The molecule has 0 radical (unpaired) electrons. The number of guanidine groups is 1. The summed E-state index contributed by atoms with van der Waals surface area (Å²) in [6.07, 6.45) is -1.37. The van der Waals surface area contributed by atoms with Gasteiger partial charge in [-0.2, -0.15) is 0 Å². The Hall–Kier alpha value is -8.50. The molecule has 1 aromatic heterocycles. The smallest absolute Gasteiger partial charge is 0.410 e. The largest absolute Gasteiger partial charge is 0.489 e. The zero-order valence-corrected chi connectivity index (χ0v) is 42.8. The molecule has 2 aliphatic heterocycles. The number of carboxylic acids is 1. The fraction of sp³-hybridized carbons (Fsp3) is 0.254. The fourth-order valence-electron chi connectivity index (χ4n) is 9.18. The number of thiazole rings is 1. The molecular formula is C59H59N7O8S. The van der Waals surface area contributed by atoms with Crippen LogP contribution < -0.4 is 15.8 Å². The summed E-state index contributed by atoms with van der Waals surface area (Å²) < 4.78 is 18.1. The molecule has 16 heteroatoms. The third-order valence-corrected chi connectivity index (χ3v) is 13.7. The third-order valence-electron chi connectivity index (χ3n) is 12.9. The van der Waals surface area contributed by atoms with E-state index in [1.165, 1.54) is 11.3 Å². The van der Waals surface area contributed by atoms with Crippen molar-refractivity contribution in [3.8, 4) is 5.75 Å². The van der Waals surface area contributed by atoms with E-state index in [-0.39, 0.29) is 17.8 Å². The molecule has 15 nitrogen and oxygen atoms in total. The first-order valence-electron chi connectivity index (χ1n) is 24.8. The molecule has 0 unspecified atom stereocenters. The topological polar surface area (TPSA) is 190 Å². The van der Waals surface area contributed by atoms with Gasteiger partial charge < -0.3 is 45.0 Å². The lowest BCUT2D eigenvalue weighted by Gasteiger charge is -2.36. The first-order valence-corrected chi connectivity index (χ1v) is 25.7. The normalized spacial score (nSPS) is 14.7. The second-order valence-corrected chi connectivity index (χ2v) is 20.1. The van der Waals surface area contributed by atoms with E-state index in [2.05, 4.69) is 10.5 Å². The summed E-state index contributed by atoms with van der Waals surface area (Å²) >= 11 is 1.21. The van der Waals surface area contributed by atoms with E-state index < -0.39 is 47.6 Å². The van der Waals surface area contributed by atoms with Crippen molar-refractivity contribution in [2.45, 2.75) is 76.1 Å². The summed E-state index contributed by atoms with van der Waals surface area (Å²) in [7, 11) is 0. The molecule has 0 spiro atoms. The fourth-order valence-corrected chi connectivity index (χ4v) is 9.93. The van der Waals surface area contributed by atoms with Crippen LogP contribution in [0.1, 0.15) is 84.4 Å². The van der Waals surface area contributed by atoms with Crippen LogP contribution in [0.25, 0.3) is 0 Å². The molecule has 0 saturated carbocycles. The quantitative estimate of drug-likeness (QED) is 0.0258. The van der Waals surface area contributed by atoms with Crippen LogP contribution >= 0.6 is 11.3 Å². The molecule has 1 atom stereocenters. The van der Waals surface area contributed by atoms with Gasteiger partial charge in [0.2, 0.25) is 5.71 Å². The maximum Gasteiger partial charge on any atom is 0.410 e. The Labute approximate surface area is 440 Å². The summed E-state index contributed by atoms with van der Waals surface area (Å²) in [5.41, 5.74) is 10.8. The van der Waals surface area contributed by atoms with E-state index in [1.54, 1.807) is 16.3 Å². The molecule has 3 heterocycles. The predicted molar refractivity (Wildman–Crippen MR) is 288 cm³/mol. The van der Waals surface area contributed by atoms with Crippen LogP contribution in [0.15, 0.2) is 185 Å². The monoisotopic (exact) mass is 1030 g/mol. The van der Waals surface area contributed by atoms with Crippen LogP contribution in [0.3, 0.4) is 0 Å². The van der Waals surface area contributed by atoms with Gasteiger partial charge in [-0.25, -0.2) is 24.4 Å². The highest BCUT2D eigenvalue weighted by Gasteiger charge is 2.38. The molecule has 384 valence electrons. The number of nitrogens with two attached hydrogens (primary N) is 1. The van der Waals surface area contributed by atoms with Crippen LogP contribution in [-0.2, 0) is 42.5 Å². The SMILES string of the molecule is CC(C)(C)OC(=O)N1CCC(N=C(N)N2Cc3ccc(OC[C@H](O/N=C(\C(=O)O)c4csc(NC(c5ccccc5)(c5ccccc5)c5ccccc5)n4)C(=O)OC(c4ccccc4)c4ccccc4)cc3C2)CC1. The van der Waals surface area contributed by atoms with E-state index in [1.807, 2.05) is 189 Å². The van der Waals surface area contributed by atoms with Crippen LogP contribution in [0.4, 0.5) is 9.93 Å². The average Bonchev–Trinajstić information content (AvgIpc) is 4.08. The Morgan fingerprint density at radius 1 is 0.747 bits per heavy atom. The van der Waals surface area contributed by atoms with Crippen molar-refractivity contribution in [2.24, 2.45) is 15.9 Å². The highest BCUT2D eigenvalue weighted by molar-refractivity contribution is 7.14. The molecule has 75 heavy (non-hydrogen) atoms. The number of ether oxygens (including phenoxy) is 3. The number of oxime groups is 1. The van der Waals surface area contributed by atoms with E-state index in [9.17, 15) is 19.5 Å². The summed E-state index contributed by atoms with van der Waals surface area (Å²) in [4.78, 5) is 59.4. The number of carbonyl (C=O) groups excluding carboxylic acids is 2. The van der Waals surface area contributed by atoms with Crippen molar-refractivity contribution in [1.29, 1.82) is 0 Å². The third kappa shape index (κ3) is 12.5. The molecule has 4 N–H and O–H groups in total. The second kappa shape index (κ2) is 23.1. The summed E-state index contributed by atoms with van der Waals surface area (Å²) in [6, 6.07) is 54.0. The molecule has 6 aromatic carbocycles. The molecule has 7 aromatic rings. The highest BCUT2D eigenvalue weighted by Crippen LogP contribution is 2.41. The number of anilines is 1. The predicted octanol–water partition coefficient (Wildman–Crippen LogP) is 10.2. The van der Waals surface area contributed by atoms with E-state index in [4.69, 9.17) is 34.8 Å². The van der Waals surface area contributed by atoms with Crippen LogP contribution in [0.2, 0.25) is 0 Å². The number of piperidine rings is 1. The molecule has 0 bridgehead atoms. The molecule has 1 amide bonds. The van der Waals surface area contributed by atoms with Gasteiger partial charge in [0.15, 0.2) is 17.2 Å². The minimum absolute atomic E-state index is 0.00909. The first-order chi connectivity index (χ1) is 36.3. The lowest BCUT2D eigenvalue weighted by molar-refractivity contribution is -0.163. The minimum Gasteiger partial charge on any atom is -0.489 e. The highest BCUT2D eigenvalue weighted by atomic mass is 32.1. The van der Waals surface area contributed by atoms with Gasteiger partial charge in [-0.1, -0.05) is 163 Å². The summed E-state index contributed by atoms with van der Waals surface area (Å²) in [5, 5.41) is 20.4. The zero-order valence-electron chi connectivity index (χ0n) is 42.0. The maximum atomic E-state index is 14.5. The molecule has 1 saturated heterocycles. The number of fused-ring (bicyclic) bond motifs is 1. The number of amides is 1. The number of nitrogens with one attached hydrogen (secondary N) is 1. The van der Waals surface area contributed by atoms with E-state index in [0.717, 1.165) is 27.8 Å². The number of rotatable bonds is 17. The molecule has 0 aliphatic carbocycles. The van der Waals surface area contributed by atoms with Gasteiger partial charge in [-0.05, 0) is 84.7 Å². The summed E-state index contributed by atoms with van der Waals surface area (Å²) in [5.74, 6) is -1.43. The van der Waals surface area contributed by atoms with Crippen LogP contribution in [-0.4, -0.2) is 87.0 Å². The molecule has 9 rings (SSSR count). The molecular weight excluding hydrogens is 967 g/mol. The lowest BCUT2D eigenvalue weighted by atomic mass is 9.77.